The van der Waals surface area contributed by atoms with Crippen LogP contribution in [-0.2, 0) is 29.4 Å². The number of aromatic nitrogens is 3. The van der Waals surface area contributed by atoms with Crippen LogP contribution in [0.3, 0.4) is 0 Å². The Bertz CT molecular complexity index is 804. The van der Waals surface area contributed by atoms with Crippen molar-refractivity contribution in [2.24, 2.45) is 7.05 Å². The largest absolute Gasteiger partial charge is 0.454 e. The minimum Gasteiger partial charge on any atom is -0.454 e. The van der Waals surface area contributed by atoms with Crippen molar-refractivity contribution in [3.8, 4) is 11.5 Å². The van der Waals surface area contributed by atoms with Gasteiger partial charge in [0.25, 0.3) is 0 Å². The fraction of sp³-hybridized carbons (Fsp3) is 0.471. The molecule has 0 bridgehead atoms. The van der Waals surface area contributed by atoms with Crippen LogP contribution in [-0.4, -0.2) is 52.9 Å². The Morgan fingerprint density at radius 2 is 2.20 bits per heavy atom. The highest BCUT2D eigenvalue weighted by molar-refractivity contribution is 5.79. The topological polar surface area (TPSA) is 78.7 Å². The number of carbonyl (C=O) groups is 1. The summed E-state index contributed by atoms with van der Waals surface area (Å²) in [5.41, 5.74) is 2.79. The Balaban J connectivity index is 1.54. The van der Waals surface area contributed by atoms with Crippen LogP contribution in [0.15, 0.2) is 18.2 Å². The van der Waals surface area contributed by atoms with E-state index in [4.69, 9.17) is 14.2 Å². The second-order valence-electron chi connectivity index (χ2n) is 6.22. The van der Waals surface area contributed by atoms with Crippen LogP contribution in [0.4, 0.5) is 0 Å². The summed E-state index contributed by atoms with van der Waals surface area (Å²) >= 11 is 0. The molecule has 0 saturated carbocycles. The smallest absolute Gasteiger partial charge is 0.231 e. The number of nitrogens with zero attached hydrogens (tertiary/aromatic N) is 4. The molecule has 25 heavy (non-hydrogen) atoms. The number of hydrogen-bond acceptors (Lipinski definition) is 6. The van der Waals surface area contributed by atoms with Crippen LogP contribution in [0.5, 0.6) is 11.5 Å². The van der Waals surface area contributed by atoms with E-state index in [1.807, 2.05) is 30.1 Å². The molecule has 0 fully saturated rings. The van der Waals surface area contributed by atoms with Gasteiger partial charge in [-0.3, -0.25) is 9.48 Å². The van der Waals surface area contributed by atoms with Gasteiger partial charge < -0.3 is 19.1 Å². The van der Waals surface area contributed by atoms with Gasteiger partial charge in [0.05, 0.1) is 18.7 Å². The molecule has 3 heterocycles. The minimum absolute atomic E-state index is 0.0391. The average Bonchev–Trinajstić information content (AvgIpc) is 3.22. The van der Waals surface area contributed by atoms with E-state index in [-0.39, 0.29) is 18.7 Å². The Morgan fingerprint density at radius 3 is 3.04 bits per heavy atom. The van der Waals surface area contributed by atoms with E-state index in [9.17, 15) is 4.79 Å². The van der Waals surface area contributed by atoms with Gasteiger partial charge in [-0.1, -0.05) is 11.3 Å². The lowest BCUT2D eigenvalue weighted by Crippen LogP contribution is -2.43. The first kappa shape index (κ1) is 15.9. The van der Waals surface area contributed by atoms with Gasteiger partial charge in [0, 0.05) is 27.1 Å². The van der Waals surface area contributed by atoms with Crippen LogP contribution < -0.4 is 9.47 Å². The minimum atomic E-state index is -0.205. The SMILES string of the molecule is COCC1c2nnn(C)c2CCN1C(=O)Cc1ccc2c(c1)OCO2. The predicted octanol–water partition coefficient (Wildman–Crippen LogP) is 0.859. The Morgan fingerprint density at radius 1 is 1.36 bits per heavy atom. The van der Waals surface area contributed by atoms with Gasteiger partial charge in [-0.2, -0.15) is 0 Å². The zero-order valence-corrected chi connectivity index (χ0v) is 14.3. The molecule has 1 amide bonds. The molecule has 2 aromatic rings. The normalized spacial score (nSPS) is 18.3. The van der Waals surface area contributed by atoms with E-state index in [2.05, 4.69) is 10.3 Å². The summed E-state index contributed by atoms with van der Waals surface area (Å²) in [6, 6.07) is 5.40. The Hall–Kier alpha value is -2.61. The zero-order valence-electron chi connectivity index (χ0n) is 14.3. The summed E-state index contributed by atoms with van der Waals surface area (Å²) in [5.74, 6) is 1.45. The monoisotopic (exact) mass is 344 g/mol. The summed E-state index contributed by atoms with van der Waals surface area (Å²) in [5, 5.41) is 8.34. The molecule has 0 radical (unpaired) electrons. The van der Waals surface area contributed by atoms with Crippen molar-refractivity contribution in [2.75, 3.05) is 27.1 Å². The van der Waals surface area contributed by atoms with E-state index in [0.717, 1.165) is 29.1 Å². The van der Waals surface area contributed by atoms with Crippen molar-refractivity contribution < 1.29 is 19.0 Å². The summed E-state index contributed by atoms with van der Waals surface area (Å²) < 4.78 is 17.8. The molecule has 1 aromatic heterocycles. The molecule has 2 aliphatic rings. The summed E-state index contributed by atoms with van der Waals surface area (Å²) in [4.78, 5) is 14.8. The Kier molecular flexibility index (Phi) is 4.04. The van der Waals surface area contributed by atoms with E-state index in [1.54, 1.807) is 11.8 Å². The number of benzene rings is 1. The quantitative estimate of drug-likeness (QED) is 0.819. The van der Waals surface area contributed by atoms with Gasteiger partial charge in [-0.05, 0) is 17.7 Å². The number of aryl methyl sites for hydroxylation is 1. The van der Waals surface area contributed by atoms with Gasteiger partial charge in [-0.15, -0.1) is 5.10 Å². The van der Waals surface area contributed by atoms with Crippen molar-refractivity contribution in [1.82, 2.24) is 19.9 Å². The first-order valence-corrected chi connectivity index (χ1v) is 8.22. The molecule has 0 N–H and O–H groups in total. The highest BCUT2D eigenvalue weighted by atomic mass is 16.7. The molecule has 132 valence electrons. The zero-order chi connectivity index (χ0) is 17.4. The standard InChI is InChI=1S/C17H20N4O4/c1-20-12-5-6-21(13(9-23-2)17(12)18-19-20)16(22)8-11-3-4-14-15(7-11)25-10-24-14/h3-4,7,13H,5-6,8-10H2,1-2H3. The predicted molar refractivity (Wildman–Crippen MR) is 87.3 cm³/mol. The van der Waals surface area contributed by atoms with Crippen molar-refractivity contribution in [1.29, 1.82) is 0 Å². The lowest BCUT2D eigenvalue weighted by molar-refractivity contribution is -0.134. The van der Waals surface area contributed by atoms with Crippen molar-refractivity contribution >= 4 is 5.91 Å². The molecular formula is C17H20N4O4. The summed E-state index contributed by atoms with van der Waals surface area (Å²) in [7, 11) is 3.50. The number of carbonyl (C=O) groups excluding carboxylic acids is 1. The molecule has 0 spiro atoms. The van der Waals surface area contributed by atoms with E-state index in [1.165, 1.54) is 0 Å². The van der Waals surface area contributed by atoms with Crippen molar-refractivity contribution in [2.45, 2.75) is 18.9 Å². The van der Waals surface area contributed by atoms with Crippen molar-refractivity contribution in [3.63, 3.8) is 0 Å². The number of hydrogen-bond donors (Lipinski definition) is 0. The van der Waals surface area contributed by atoms with Gasteiger partial charge in [0.1, 0.15) is 11.7 Å². The Labute approximate surface area is 145 Å². The number of amides is 1. The van der Waals surface area contributed by atoms with E-state index >= 15 is 0 Å². The van der Waals surface area contributed by atoms with Gasteiger partial charge in [0.2, 0.25) is 12.7 Å². The van der Waals surface area contributed by atoms with Crippen LogP contribution in [0.25, 0.3) is 0 Å². The molecule has 0 saturated heterocycles. The van der Waals surface area contributed by atoms with E-state index < -0.39 is 0 Å². The summed E-state index contributed by atoms with van der Waals surface area (Å²) in [6.45, 7) is 1.26. The molecule has 2 aliphatic heterocycles. The second-order valence-corrected chi connectivity index (χ2v) is 6.22. The number of rotatable bonds is 4. The lowest BCUT2D eigenvalue weighted by Gasteiger charge is -2.34. The highest BCUT2D eigenvalue weighted by Gasteiger charge is 2.34. The molecule has 1 unspecified atom stereocenters. The first-order valence-electron chi connectivity index (χ1n) is 8.22. The van der Waals surface area contributed by atoms with Crippen LogP contribution in [0.1, 0.15) is 23.0 Å². The molecule has 0 aliphatic carbocycles. The number of methoxy groups -OCH3 is 1. The maximum Gasteiger partial charge on any atom is 0.231 e. The third-order valence-electron chi connectivity index (χ3n) is 4.69. The van der Waals surface area contributed by atoms with Crippen molar-refractivity contribution in [3.05, 3.63) is 35.2 Å². The fourth-order valence-corrected chi connectivity index (χ4v) is 3.42. The van der Waals surface area contributed by atoms with Crippen LogP contribution in [0.2, 0.25) is 0 Å². The number of fused-ring (bicyclic) bond motifs is 2. The molecule has 4 rings (SSSR count). The maximum atomic E-state index is 12.9. The third-order valence-corrected chi connectivity index (χ3v) is 4.69. The molecule has 1 aromatic carbocycles. The summed E-state index contributed by atoms with van der Waals surface area (Å²) in [6.07, 6.45) is 1.04. The molecule has 8 nitrogen and oxygen atoms in total. The average molecular weight is 344 g/mol. The highest BCUT2D eigenvalue weighted by Crippen LogP contribution is 2.33. The maximum absolute atomic E-state index is 12.9. The third kappa shape index (κ3) is 2.82. The molecular weight excluding hydrogens is 324 g/mol. The number of ether oxygens (including phenoxy) is 3. The van der Waals surface area contributed by atoms with Crippen LogP contribution >= 0.6 is 0 Å². The fourth-order valence-electron chi connectivity index (χ4n) is 3.42. The van der Waals surface area contributed by atoms with E-state index in [0.29, 0.717) is 25.3 Å². The van der Waals surface area contributed by atoms with Crippen LogP contribution in [0, 0.1) is 0 Å². The van der Waals surface area contributed by atoms with Gasteiger partial charge >= 0.3 is 0 Å². The van der Waals surface area contributed by atoms with Gasteiger partial charge in [0.15, 0.2) is 11.5 Å². The second kappa shape index (κ2) is 6.36. The molecule has 8 heteroatoms. The van der Waals surface area contributed by atoms with Gasteiger partial charge in [-0.25, -0.2) is 0 Å². The molecule has 1 atom stereocenters. The lowest BCUT2D eigenvalue weighted by atomic mass is 10.0. The first-order chi connectivity index (χ1) is 12.2.